The first kappa shape index (κ1) is 21.6. The third-order valence-electron chi connectivity index (χ3n) is 5.49. The first-order valence-corrected chi connectivity index (χ1v) is 10.8. The predicted octanol–water partition coefficient (Wildman–Crippen LogP) is 1.33. The Morgan fingerprint density at radius 2 is 2.10 bits per heavy atom. The van der Waals surface area contributed by atoms with Crippen molar-refractivity contribution in [1.82, 2.24) is 20.4 Å². The van der Waals surface area contributed by atoms with Crippen molar-refractivity contribution in [2.45, 2.75) is 26.7 Å². The highest BCUT2D eigenvalue weighted by atomic mass is 16.5. The van der Waals surface area contributed by atoms with Crippen molar-refractivity contribution in [2.75, 3.05) is 65.6 Å². The third kappa shape index (κ3) is 6.47. The maximum Gasteiger partial charge on any atom is 0.287 e. The number of rotatable bonds is 8. The maximum absolute atomic E-state index is 12.1. The fraction of sp³-hybridized carbons (Fsp3) is 0.714. The summed E-state index contributed by atoms with van der Waals surface area (Å²) < 4.78 is 10.7. The normalized spacial score (nSPS) is 20.8. The van der Waals surface area contributed by atoms with E-state index >= 15 is 0 Å². The Hall–Kier alpha value is -2.06. The zero-order chi connectivity index (χ0) is 20.5. The van der Waals surface area contributed by atoms with Crippen molar-refractivity contribution in [1.29, 1.82) is 0 Å². The van der Waals surface area contributed by atoms with E-state index in [1.165, 1.54) is 6.42 Å². The SMILES string of the molecule is CCNC(=NCCCNC(=O)c1occc1C)N1CCC(CN2CCOCC2)C1. The topological polar surface area (TPSA) is 82.3 Å². The van der Waals surface area contributed by atoms with E-state index in [0.29, 0.717) is 24.8 Å². The molecule has 3 rings (SSSR count). The molecule has 29 heavy (non-hydrogen) atoms. The number of hydrogen-bond donors (Lipinski definition) is 2. The zero-order valence-electron chi connectivity index (χ0n) is 17.8. The second-order valence-corrected chi connectivity index (χ2v) is 7.79. The lowest BCUT2D eigenvalue weighted by Gasteiger charge is -2.29. The van der Waals surface area contributed by atoms with Crippen LogP contribution in [0.1, 0.15) is 35.9 Å². The minimum Gasteiger partial charge on any atom is -0.459 e. The Balaban J connectivity index is 1.40. The molecule has 0 saturated carbocycles. The molecule has 0 radical (unpaired) electrons. The number of guanidine groups is 1. The fourth-order valence-electron chi connectivity index (χ4n) is 3.90. The molecule has 1 amide bonds. The van der Waals surface area contributed by atoms with Gasteiger partial charge in [0.2, 0.25) is 0 Å². The summed E-state index contributed by atoms with van der Waals surface area (Å²) >= 11 is 0. The van der Waals surface area contributed by atoms with Crippen molar-refractivity contribution in [3.63, 3.8) is 0 Å². The van der Waals surface area contributed by atoms with Gasteiger partial charge in [0, 0.05) is 57.9 Å². The molecule has 2 fully saturated rings. The summed E-state index contributed by atoms with van der Waals surface area (Å²) in [5, 5.41) is 6.32. The van der Waals surface area contributed by atoms with E-state index in [4.69, 9.17) is 14.1 Å². The molecule has 2 saturated heterocycles. The van der Waals surface area contributed by atoms with Crippen molar-refractivity contribution < 1.29 is 13.9 Å². The van der Waals surface area contributed by atoms with E-state index in [1.807, 2.05) is 6.92 Å². The Kier molecular flexibility index (Phi) is 8.37. The van der Waals surface area contributed by atoms with Crippen molar-refractivity contribution in [3.05, 3.63) is 23.7 Å². The van der Waals surface area contributed by atoms with E-state index in [-0.39, 0.29) is 5.91 Å². The van der Waals surface area contributed by atoms with Gasteiger partial charge in [-0.3, -0.25) is 14.7 Å². The summed E-state index contributed by atoms with van der Waals surface area (Å²) in [7, 11) is 0. The smallest absolute Gasteiger partial charge is 0.287 e. The van der Waals surface area contributed by atoms with E-state index in [9.17, 15) is 4.79 Å². The van der Waals surface area contributed by atoms with Gasteiger partial charge in [-0.25, -0.2) is 0 Å². The number of aryl methyl sites for hydroxylation is 1. The summed E-state index contributed by atoms with van der Waals surface area (Å²) in [6.07, 6.45) is 3.55. The quantitative estimate of drug-likeness (QED) is 0.386. The zero-order valence-corrected chi connectivity index (χ0v) is 17.8. The number of morpholine rings is 1. The van der Waals surface area contributed by atoms with Crippen molar-refractivity contribution in [3.8, 4) is 0 Å². The number of aliphatic imine (C=N–C) groups is 1. The van der Waals surface area contributed by atoms with Gasteiger partial charge in [0.1, 0.15) is 0 Å². The van der Waals surface area contributed by atoms with Crippen LogP contribution in [0.5, 0.6) is 0 Å². The number of hydrogen-bond acceptors (Lipinski definition) is 5. The van der Waals surface area contributed by atoms with E-state index in [0.717, 1.165) is 70.4 Å². The lowest BCUT2D eigenvalue weighted by molar-refractivity contribution is 0.0315. The molecule has 0 aromatic carbocycles. The van der Waals surface area contributed by atoms with Crippen LogP contribution in [0, 0.1) is 12.8 Å². The van der Waals surface area contributed by atoms with E-state index < -0.39 is 0 Å². The largest absolute Gasteiger partial charge is 0.459 e. The molecule has 2 aliphatic heterocycles. The Bertz CT molecular complexity index is 669. The van der Waals surface area contributed by atoms with Crippen LogP contribution >= 0.6 is 0 Å². The molecular formula is C21H35N5O3. The second kappa shape index (κ2) is 11.2. The fourth-order valence-corrected chi connectivity index (χ4v) is 3.90. The number of carbonyl (C=O) groups excluding carboxylic acids is 1. The van der Waals surface area contributed by atoms with E-state index in [1.54, 1.807) is 12.3 Å². The third-order valence-corrected chi connectivity index (χ3v) is 5.49. The molecule has 162 valence electrons. The van der Waals surface area contributed by atoms with Gasteiger partial charge < -0.3 is 24.7 Å². The van der Waals surface area contributed by atoms with Gasteiger partial charge >= 0.3 is 0 Å². The van der Waals surface area contributed by atoms with Gasteiger partial charge in [-0.1, -0.05) is 0 Å². The first-order chi connectivity index (χ1) is 14.2. The number of ether oxygens (including phenoxy) is 1. The summed E-state index contributed by atoms with van der Waals surface area (Å²) in [5.74, 6) is 1.91. The molecule has 8 heteroatoms. The first-order valence-electron chi connectivity index (χ1n) is 10.8. The summed E-state index contributed by atoms with van der Waals surface area (Å²) in [5.41, 5.74) is 0.857. The molecule has 1 unspecified atom stereocenters. The van der Waals surface area contributed by atoms with Crippen LogP contribution in [0.4, 0.5) is 0 Å². The minimum absolute atomic E-state index is 0.158. The van der Waals surface area contributed by atoms with Crippen LogP contribution in [0.3, 0.4) is 0 Å². The molecule has 0 bridgehead atoms. The van der Waals surface area contributed by atoms with Crippen LogP contribution < -0.4 is 10.6 Å². The number of carbonyl (C=O) groups is 1. The number of likely N-dealkylation sites (tertiary alicyclic amines) is 1. The van der Waals surface area contributed by atoms with Gasteiger partial charge in [0.15, 0.2) is 11.7 Å². The molecule has 0 aliphatic carbocycles. The summed E-state index contributed by atoms with van der Waals surface area (Å²) in [6.45, 7) is 13.2. The van der Waals surface area contributed by atoms with Crippen LogP contribution in [0.15, 0.2) is 21.7 Å². The van der Waals surface area contributed by atoms with Crippen molar-refractivity contribution >= 4 is 11.9 Å². The Morgan fingerprint density at radius 3 is 2.83 bits per heavy atom. The molecule has 3 heterocycles. The average molecular weight is 406 g/mol. The van der Waals surface area contributed by atoms with Gasteiger partial charge in [-0.2, -0.15) is 0 Å². The molecule has 8 nitrogen and oxygen atoms in total. The molecular weight excluding hydrogens is 370 g/mol. The highest BCUT2D eigenvalue weighted by Crippen LogP contribution is 2.18. The monoisotopic (exact) mass is 405 g/mol. The van der Waals surface area contributed by atoms with Crippen molar-refractivity contribution in [2.24, 2.45) is 10.9 Å². The van der Waals surface area contributed by atoms with Crippen LogP contribution in [0.25, 0.3) is 0 Å². The molecule has 1 aromatic rings. The van der Waals surface area contributed by atoms with Gasteiger partial charge in [-0.15, -0.1) is 0 Å². The second-order valence-electron chi connectivity index (χ2n) is 7.79. The molecule has 2 N–H and O–H groups in total. The standard InChI is InChI=1S/C21H35N5O3/c1-3-22-21(24-8-4-7-23-20(27)19-17(2)6-12-29-19)26-9-5-18(16-26)15-25-10-13-28-14-11-25/h6,12,18H,3-5,7-11,13-16H2,1-2H3,(H,22,24)(H,23,27). The molecule has 2 aliphatic rings. The lowest BCUT2D eigenvalue weighted by atomic mass is 10.1. The Morgan fingerprint density at radius 1 is 1.28 bits per heavy atom. The van der Waals surface area contributed by atoms with Gasteiger partial charge in [-0.05, 0) is 38.7 Å². The summed E-state index contributed by atoms with van der Waals surface area (Å²) in [6, 6.07) is 1.80. The lowest BCUT2D eigenvalue weighted by Crippen LogP contribution is -2.42. The highest BCUT2D eigenvalue weighted by Gasteiger charge is 2.27. The maximum atomic E-state index is 12.1. The molecule has 1 aromatic heterocycles. The molecule has 0 spiro atoms. The van der Waals surface area contributed by atoms with Crippen LogP contribution in [-0.2, 0) is 4.74 Å². The van der Waals surface area contributed by atoms with Crippen LogP contribution in [-0.4, -0.2) is 87.2 Å². The van der Waals surface area contributed by atoms with Gasteiger partial charge in [0.05, 0.1) is 19.5 Å². The average Bonchev–Trinajstić information content (AvgIpc) is 3.36. The molecule has 1 atom stereocenters. The van der Waals surface area contributed by atoms with E-state index in [2.05, 4.69) is 27.4 Å². The number of furan rings is 1. The summed E-state index contributed by atoms with van der Waals surface area (Å²) in [4.78, 5) is 21.7. The number of nitrogens with zero attached hydrogens (tertiary/aromatic N) is 3. The predicted molar refractivity (Wildman–Crippen MR) is 113 cm³/mol. The highest BCUT2D eigenvalue weighted by molar-refractivity contribution is 5.92. The van der Waals surface area contributed by atoms with Crippen LogP contribution in [0.2, 0.25) is 0 Å². The number of nitrogens with one attached hydrogen (secondary N) is 2. The van der Waals surface area contributed by atoms with Gasteiger partial charge in [0.25, 0.3) is 5.91 Å². The minimum atomic E-state index is -0.158. The Labute approximate surface area is 173 Å². The number of amides is 1.